The fourth-order valence-electron chi connectivity index (χ4n) is 3.04. The van der Waals surface area contributed by atoms with Gasteiger partial charge in [-0.15, -0.1) is 0 Å². The summed E-state index contributed by atoms with van der Waals surface area (Å²) in [4.78, 5) is 0. The van der Waals surface area contributed by atoms with E-state index in [1.807, 2.05) is 24.3 Å². The molecule has 3 heteroatoms. The Morgan fingerprint density at radius 1 is 0.852 bits per heavy atom. The molecule has 2 rings (SSSR count). The zero-order valence-corrected chi connectivity index (χ0v) is 17.2. The second-order valence-corrected chi connectivity index (χ2v) is 7.26. The minimum Gasteiger partial charge on any atom is -0.494 e. The largest absolute Gasteiger partial charge is 0.494 e. The van der Waals surface area contributed by atoms with Gasteiger partial charge in [0.25, 0.3) is 0 Å². The molecule has 2 aromatic carbocycles. The fourth-order valence-corrected chi connectivity index (χ4v) is 3.04. The Morgan fingerprint density at radius 3 is 2.48 bits per heavy atom. The maximum Gasteiger partial charge on any atom is 0.122 e. The first-order chi connectivity index (χ1) is 13.2. The van der Waals surface area contributed by atoms with Crippen LogP contribution in [0.25, 0.3) is 0 Å². The van der Waals surface area contributed by atoms with Crippen LogP contribution in [0.5, 0.6) is 11.5 Å². The number of rotatable bonds is 13. The molecule has 0 heterocycles. The van der Waals surface area contributed by atoms with E-state index >= 15 is 0 Å². The van der Waals surface area contributed by atoms with Gasteiger partial charge in [0.15, 0.2) is 0 Å². The molecule has 0 radical (unpaired) electrons. The second-order valence-electron chi connectivity index (χ2n) is 7.26. The van der Waals surface area contributed by atoms with Crippen LogP contribution in [0.3, 0.4) is 0 Å². The van der Waals surface area contributed by atoms with Crippen molar-refractivity contribution in [3.63, 3.8) is 0 Å². The molecular weight excluding hydrogens is 334 g/mol. The van der Waals surface area contributed by atoms with E-state index in [0.717, 1.165) is 36.8 Å². The number of benzene rings is 2. The third-order valence-electron chi connectivity index (χ3n) is 4.58. The standard InChI is InChI=1S/C24H35NO2/c1-4-5-6-7-10-17-26-22-13-11-12-21(19-22)25-16-18-27-24-15-9-8-14-23(24)20(2)3/h8-9,11-15,19-20,25H,4-7,10,16-18H2,1-3H3. The maximum absolute atomic E-state index is 5.97. The molecule has 27 heavy (non-hydrogen) atoms. The predicted molar refractivity (Wildman–Crippen MR) is 115 cm³/mol. The van der Waals surface area contributed by atoms with Gasteiger partial charge in [-0.3, -0.25) is 0 Å². The highest BCUT2D eigenvalue weighted by molar-refractivity contribution is 5.48. The zero-order chi connectivity index (χ0) is 19.3. The number of ether oxygens (including phenoxy) is 2. The monoisotopic (exact) mass is 369 g/mol. The molecular formula is C24H35NO2. The van der Waals surface area contributed by atoms with Crippen LogP contribution in [0, 0.1) is 0 Å². The van der Waals surface area contributed by atoms with E-state index in [1.54, 1.807) is 0 Å². The van der Waals surface area contributed by atoms with E-state index in [1.165, 1.54) is 31.2 Å². The van der Waals surface area contributed by atoms with Gasteiger partial charge in [0.05, 0.1) is 6.61 Å². The lowest BCUT2D eigenvalue weighted by molar-refractivity contribution is 0.304. The Balaban J connectivity index is 1.70. The topological polar surface area (TPSA) is 30.5 Å². The number of hydrogen-bond donors (Lipinski definition) is 1. The van der Waals surface area contributed by atoms with Crippen LogP contribution in [0.15, 0.2) is 48.5 Å². The van der Waals surface area contributed by atoms with Gasteiger partial charge in [-0.25, -0.2) is 0 Å². The molecule has 0 fully saturated rings. The average Bonchev–Trinajstić information content (AvgIpc) is 2.68. The Kier molecular flexibility index (Phi) is 9.61. The van der Waals surface area contributed by atoms with Crippen LogP contribution >= 0.6 is 0 Å². The van der Waals surface area contributed by atoms with Crippen molar-refractivity contribution in [1.82, 2.24) is 0 Å². The highest BCUT2D eigenvalue weighted by Crippen LogP contribution is 2.25. The van der Waals surface area contributed by atoms with Crippen LogP contribution in [0.1, 0.15) is 64.4 Å². The molecule has 0 aromatic heterocycles. The lowest BCUT2D eigenvalue weighted by atomic mass is 10.0. The summed E-state index contributed by atoms with van der Waals surface area (Å²) in [6.45, 7) is 8.80. The molecule has 0 amide bonds. The van der Waals surface area contributed by atoms with Crippen molar-refractivity contribution in [3.8, 4) is 11.5 Å². The molecule has 2 aromatic rings. The molecule has 1 N–H and O–H groups in total. The van der Waals surface area contributed by atoms with Gasteiger partial charge in [-0.2, -0.15) is 0 Å². The summed E-state index contributed by atoms with van der Waals surface area (Å²) >= 11 is 0. The lowest BCUT2D eigenvalue weighted by Crippen LogP contribution is -2.12. The molecule has 0 saturated carbocycles. The molecule has 148 valence electrons. The second kappa shape index (κ2) is 12.3. The van der Waals surface area contributed by atoms with Gasteiger partial charge in [0.1, 0.15) is 18.1 Å². The number of hydrogen-bond acceptors (Lipinski definition) is 3. The quantitative estimate of drug-likeness (QED) is 0.401. The first-order valence-corrected chi connectivity index (χ1v) is 10.4. The summed E-state index contributed by atoms with van der Waals surface area (Å²) in [5.74, 6) is 2.38. The van der Waals surface area contributed by atoms with Crippen LogP contribution in [-0.2, 0) is 0 Å². The van der Waals surface area contributed by atoms with Crippen molar-refractivity contribution in [3.05, 3.63) is 54.1 Å². The fraction of sp³-hybridized carbons (Fsp3) is 0.500. The van der Waals surface area contributed by atoms with E-state index in [0.29, 0.717) is 12.5 Å². The van der Waals surface area contributed by atoms with Crippen molar-refractivity contribution >= 4 is 5.69 Å². The van der Waals surface area contributed by atoms with Gasteiger partial charge in [-0.1, -0.05) is 70.7 Å². The molecule has 3 nitrogen and oxygen atoms in total. The Morgan fingerprint density at radius 2 is 1.67 bits per heavy atom. The average molecular weight is 370 g/mol. The van der Waals surface area contributed by atoms with Crippen molar-refractivity contribution in [1.29, 1.82) is 0 Å². The first-order valence-electron chi connectivity index (χ1n) is 10.4. The molecule has 0 bridgehead atoms. The summed E-state index contributed by atoms with van der Waals surface area (Å²) in [6.07, 6.45) is 6.29. The van der Waals surface area contributed by atoms with Crippen LogP contribution in [-0.4, -0.2) is 19.8 Å². The Bertz CT molecular complexity index is 654. The number of para-hydroxylation sites is 1. The third-order valence-corrected chi connectivity index (χ3v) is 4.58. The molecule has 0 aliphatic rings. The summed E-state index contributed by atoms with van der Waals surface area (Å²) in [7, 11) is 0. The zero-order valence-electron chi connectivity index (χ0n) is 17.2. The van der Waals surface area contributed by atoms with Gasteiger partial charge in [0, 0.05) is 18.3 Å². The highest BCUT2D eigenvalue weighted by Gasteiger charge is 2.06. The summed E-state index contributed by atoms with van der Waals surface area (Å²) in [6, 6.07) is 16.5. The SMILES string of the molecule is CCCCCCCOc1cccc(NCCOc2ccccc2C(C)C)c1. The molecule has 0 saturated heterocycles. The number of unbranched alkanes of at least 4 members (excludes halogenated alkanes) is 4. The van der Waals surface area contributed by atoms with E-state index < -0.39 is 0 Å². The highest BCUT2D eigenvalue weighted by atomic mass is 16.5. The third kappa shape index (κ3) is 7.94. The van der Waals surface area contributed by atoms with Gasteiger partial charge < -0.3 is 14.8 Å². The van der Waals surface area contributed by atoms with Gasteiger partial charge >= 0.3 is 0 Å². The minimum absolute atomic E-state index is 0.463. The molecule has 0 aliphatic carbocycles. The summed E-state index contributed by atoms with van der Waals surface area (Å²) < 4.78 is 11.8. The van der Waals surface area contributed by atoms with E-state index in [-0.39, 0.29) is 0 Å². The molecule has 0 aliphatic heterocycles. The van der Waals surface area contributed by atoms with Crippen molar-refractivity contribution < 1.29 is 9.47 Å². The minimum atomic E-state index is 0.463. The Hall–Kier alpha value is -2.16. The van der Waals surface area contributed by atoms with Crippen LogP contribution in [0.2, 0.25) is 0 Å². The number of nitrogens with one attached hydrogen (secondary N) is 1. The van der Waals surface area contributed by atoms with Crippen LogP contribution < -0.4 is 14.8 Å². The van der Waals surface area contributed by atoms with E-state index in [2.05, 4.69) is 50.4 Å². The normalized spacial score (nSPS) is 10.8. The summed E-state index contributed by atoms with van der Waals surface area (Å²) in [5, 5.41) is 3.42. The van der Waals surface area contributed by atoms with E-state index in [9.17, 15) is 0 Å². The van der Waals surface area contributed by atoms with Crippen LogP contribution in [0.4, 0.5) is 5.69 Å². The van der Waals surface area contributed by atoms with Crippen molar-refractivity contribution in [2.75, 3.05) is 25.1 Å². The van der Waals surface area contributed by atoms with Gasteiger partial charge in [0.2, 0.25) is 0 Å². The maximum atomic E-state index is 5.97. The smallest absolute Gasteiger partial charge is 0.122 e. The summed E-state index contributed by atoms with van der Waals surface area (Å²) in [5.41, 5.74) is 2.33. The van der Waals surface area contributed by atoms with Crippen molar-refractivity contribution in [2.24, 2.45) is 0 Å². The Labute approximate surface area is 165 Å². The van der Waals surface area contributed by atoms with Crippen molar-refractivity contribution in [2.45, 2.75) is 58.8 Å². The molecule has 0 spiro atoms. The predicted octanol–water partition coefficient (Wildman–Crippen LogP) is 6.65. The molecule has 0 unspecified atom stereocenters. The first kappa shape index (κ1) is 21.1. The number of anilines is 1. The lowest BCUT2D eigenvalue weighted by Gasteiger charge is -2.14. The van der Waals surface area contributed by atoms with Gasteiger partial charge in [-0.05, 0) is 36.1 Å². The van der Waals surface area contributed by atoms with E-state index in [4.69, 9.17) is 9.47 Å². The molecule has 0 atom stereocenters.